The lowest BCUT2D eigenvalue weighted by Crippen LogP contribution is -2.38. The Morgan fingerprint density at radius 2 is 2.14 bits per heavy atom. The molecule has 0 radical (unpaired) electrons. The number of aromatic amines is 1. The van der Waals surface area contributed by atoms with Crippen molar-refractivity contribution in [3.05, 3.63) is 52.8 Å². The largest absolute Gasteiger partial charge is 0.297 e. The van der Waals surface area contributed by atoms with Crippen molar-refractivity contribution in [2.24, 2.45) is 5.92 Å². The minimum Gasteiger partial charge on any atom is -0.297 e. The Hall–Kier alpha value is -1.65. The van der Waals surface area contributed by atoms with Gasteiger partial charge in [0.2, 0.25) is 0 Å². The summed E-state index contributed by atoms with van der Waals surface area (Å²) in [5.74, 6) is 0.295. The topological polar surface area (TPSA) is 49.0 Å². The van der Waals surface area contributed by atoms with Crippen LogP contribution in [0.25, 0.3) is 0 Å². The summed E-state index contributed by atoms with van der Waals surface area (Å²) in [6.45, 7) is 2.66. The summed E-state index contributed by atoms with van der Waals surface area (Å²) < 4.78 is 0. The summed E-state index contributed by atoms with van der Waals surface area (Å²) in [5, 5.41) is 7.60. The molecule has 2 aromatic rings. The molecule has 0 unspecified atom stereocenters. The number of carbonyl (C=O) groups is 1. The Bertz CT molecular complexity index is 594. The second-order valence-corrected chi connectivity index (χ2v) is 5.96. The zero-order valence-corrected chi connectivity index (χ0v) is 12.5. The Morgan fingerprint density at radius 3 is 2.86 bits per heavy atom. The van der Waals surface area contributed by atoms with E-state index in [1.54, 1.807) is 18.3 Å². The van der Waals surface area contributed by atoms with Gasteiger partial charge in [0.25, 0.3) is 0 Å². The number of piperidine rings is 1. The van der Waals surface area contributed by atoms with Crippen LogP contribution in [0, 0.1) is 5.92 Å². The standard InChI is InChI=1S/C16H18ClN3O/c17-14-5-3-12(4-6-14)16(21)13-2-1-9-20(10-13)11-15-7-8-18-19-15/h3-8,13H,1-2,9-11H2,(H,18,19)/t13-/m0/s1. The minimum absolute atomic E-state index is 0.0721. The van der Waals surface area contributed by atoms with E-state index in [2.05, 4.69) is 15.1 Å². The highest BCUT2D eigenvalue weighted by atomic mass is 35.5. The van der Waals surface area contributed by atoms with Gasteiger partial charge in [-0.15, -0.1) is 0 Å². The molecule has 0 aliphatic carbocycles. The maximum Gasteiger partial charge on any atom is 0.167 e. The smallest absolute Gasteiger partial charge is 0.167 e. The number of hydrogen-bond donors (Lipinski definition) is 1. The van der Waals surface area contributed by atoms with E-state index >= 15 is 0 Å². The Kier molecular flexibility index (Phi) is 4.36. The van der Waals surface area contributed by atoms with Gasteiger partial charge in [-0.25, -0.2) is 0 Å². The first-order chi connectivity index (χ1) is 10.2. The van der Waals surface area contributed by atoms with Crippen LogP contribution in [0.4, 0.5) is 0 Å². The summed E-state index contributed by atoms with van der Waals surface area (Å²) >= 11 is 5.88. The van der Waals surface area contributed by atoms with Crippen molar-refractivity contribution in [2.75, 3.05) is 13.1 Å². The lowest BCUT2D eigenvalue weighted by Gasteiger charge is -2.31. The molecular formula is C16H18ClN3O. The third-order valence-corrected chi connectivity index (χ3v) is 4.21. The number of carbonyl (C=O) groups excluding carboxylic acids is 1. The Morgan fingerprint density at radius 1 is 1.33 bits per heavy atom. The molecule has 3 rings (SSSR count). The van der Waals surface area contributed by atoms with Crippen molar-refractivity contribution in [1.29, 1.82) is 0 Å². The molecule has 110 valence electrons. The van der Waals surface area contributed by atoms with Gasteiger partial charge >= 0.3 is 0 Å². The van der Waals surface area contributed by atoms with Gasteiger partial charge in [0.1, 0.15) is 0 Å². The molecule has 0 saturated carbocycles. The quantitative estimate of drug-likeness (QED) is 0.883. The van der Waals surface area contributed by atoms with Crippen molar-refractivity contribution in [2.45, 2.75) is 19.4 Å². The molecule has 21 heavy (non-hydrogen) atoms. The molecule has 2 heterocycles. The molecule has 0 spiro atoms. The maximum atomic E-state index is 12.6. The molecule has 1 N–H and O–H groups in total. The summed E-state index contributed by atoms with van der Waals surface area (Å²) in [4.78, 5) is 14.9. The van der Waals surface area contributed by atoms with Crippen LogP contribution in [0.3, 0.4) is 0 Å². The van der Waals surface area contributed by atoms with Crippen LogP contribution in [0.1, 0.15) is 28.9 Å². The monoisotopic (exact) mass is 303 g/mol. The minimum atomic E-state index is 0.0721. The molecule has 1 aromatic heterocycles. The first-order valence-corrected chi connectivity index (χ1v) is 7.60. The van der Waals surface area contributed by atoms with E-state index < -0.39 is 0 Å². The third kappa shape index (κ3) is 3.52. The molecule has 1 aliphatic rings. The molecule has 1 saturated heterocycles. The highest BCUT2D eigenvalue weighted by Gasteiger charge is 2.26. The molecule has 0 amide bonds. The summed E-state index contributed by atoms with van der Waals surface area (Å²) in [7, 11) is 0. The SMILES string of the molecule is O=C(c1ccc(Cl)cc1)[C@H]1CCCN(Cc2ccn[nH]2)C1. The number of benzene rings is 1. The summed E-state index contributed by atoms with van der Waals surface area (Å²) in [6.07, 6.45) is 3.77. The highest BCUT2D eigenvalue weighted by Crippen LogP contribution is 2.22. The average Bonchev–Trinajstić information content (AvgIpc) is 3.00. The van der Waals surface area contributed by atoms with E-state index in [0.717, 1.165) is 43.7 Å². The van der Waals surface area contributed by atoms with Crippen molar-refractivity contribution < 1.29 is 4.79 Å². The van der Waals surface area contributed by atoms with Crippen LogP contribution < -0.4 is 0 Å². The van der Waals surface area contributed by atoms with Crippen molar-refractivity contribution >= 4 is 17.4 Å². The molecule has 4 nitrogen and oxygen atoms in total. The van der Waals surface area contributed by atoms with Gasteiger partial charge in [0.15, 0.2) is 5.78 Å². The van der Waals surface area contributed by atoms with Gasteiger partial charge in [-0.3, -0.25) is 14.8 Å². The molecule has 1 atom stereocenters. The first-order valence-electron chi connectivity index (χ1n) is 7.23. The van der Waals surface area contributed by atoms with E-state index in [4.69, 9.17) is 11.6 Å². The van der Waals surface area contributed by atoms with Gasteiger partial charge in [0, 0.05) is 41.5 Å². The van der Waals surface area contributed by atoms with Crippen molar-refractivity contribution in [1.82, 2.24) is 15.1 Å². The van der Waals surface area contributed by atoms with Crippen LogP contribution in [-0.4, -0.2) is 34.0 Å². The van der Waals surface area contributed by atoms with Gasteiger partial charge in [-0.1, -0.05) is 11.6 Å². The number of halogens is 1. The second kappa shape index (κ2) is 6.41. The fourth-order valence-corrected chi connectivity index (χ4v) is 3.00. The van der Waals surface area contributed by atoms with Crippen LogP contribution in [0.15, 0.2) is 36.5 Å². The normalized spacial score (nSPS) is 19.6. The number of likely N-dealkylation sites (tertiary alicyclic amines) is 1. The first kappa shape index (κ1) is 14.3. The third-order valence-electron chi connectivity index (χ3n) is 3.96. The van der Waals surface area contributed by atoms with Crippen molar-refractivity contribution in [3.8, 4) is 0 Å². The number of hydrogen-bond acceptors (Lipinski definition) is 3. The summed E-state index contributed by atoms with van der Waals surface area (Å²) in [5.41, 5.74) is 1.85. The van der Waals surface area contributed by atoms with E-state index in [1.807, 2.05) is 18.2 Å². The van der Waals surface area contributed by atoms with Crippen molar-refractivity contribution in [3.63, 3.8) is 0 Å². The van der Waals surface area contributed by atoms with E-state index in [-0.39, 0.29) is 11.7 Å². The lowest BCUT2D eigenvalue weighted by molar-refractivity contribution is 0.0810. The molecular weight excluding hydrogens is 286 g/mol. The molecule has 5 heteroatoms. The molecule has 1 aromatic carbocycles. The van der Waals surface area contributed by atoms with Gasteiger partial charge < -0.3 is 0 Å². The fraction of sp³-hybridized carbons (Fsp3) is 0.375. The maximum absolute atomic E-state index is 12.6. The number of nitrogens with zero attached hydrogens (tertiary/aromatic N) is 2. The van der Waals surface area contributed by atoms with Crippen LogP contribution in [0.5, 0.6) is 0 Å². The van der Waals surface area contributed by atoms with E-state index in [9.17, 15) is 4.79 Å². The Labute approximate surface area is 129 Å². The van der Waals surface area contributed by atoms with Crippen LogP contribution in [-0.2, 0) is 6.54 Å². The number of H-pyrrole nitrogens is 1. The van der Waals surface area contributed by atoms with Gasteiger partial charge in [0.05, 0.1) is 0 Å². The second-order valence-electron chi connectivity index (χ2n) is 5.53. The van der Waals surface area contributed by atoms with Crippen LogP contribution >= 0.6 is 11.6 Å². The van der Waals surface area contributed by atoms with E-state index in [1.165, 1.54) is 0 Å². The predicted molar refractivity (Wildman–Crippen MR) is 82.4 cm³/mol. The molecule has 0 bridgehead atoms. The lowest BCUT2D eigenvalue weighted by atomic mass is 9.90. The zero-order valence-electron chi connectivity index (χ0n) is 11.8. The Balaban J connectivity index is 1.65. The van der Waals surface area contributed by atoms with Gasteiger partial charge in [-0.05, 0) is 49.7 Å². The molecule has 1 fully saturated rings. The summed E-state index contributed by atoms with van der Waals surface area (Å²) in [6, 6.07) is 9.17. The van der Waals surface area contributed by atoms with Crippen LogP contribution in [0.2, 0.25) is 5.02 Å². The average molecular weight is 304 g/mol. The number of aromatic nitrogens is 2. The number of rotatable bonds is 4. The van der Waals surface area contributed by atoms with E-state index in [0.29, 0.717) is 5.02 Å². The number of ketones is 1. The van der Waals surface area contributed by atoms with Gasteiger partial charge in [-0.2, -0.15) is 5.10 Å². The molecule has 1 aliphatic heterocycles. The number of nitrogens with one attached hydrogen (secondary N) is 1. The predicted octanol–water partition coefficient (Wildman–Crippen LogP) is 3.16. The highest BCUT2D eigenvalue weighted by molar-refractivity contribution is 6.30. The fourth-order valence-electron chi connectivity index (χ4n) is 2.88. The number of Topliss-reactive ketones (excluding diaryl/α,β-unsaturated/α-hetero) is 1. The zero-order chi connectivity index (χ0) is 14.7.